The minimum absolute atomic E-state index is 0. The molecule has 0 spiro atoms. The number of hydrogen-bond acceptors (Lipinski definition) is 3. The Bertz CT molecular complexity index is 533. The van der Waals surface area contributed by atoms with Gasteiger partial charge in [0.2, 0.25) is 0 Å². The van der Waals surface area contributed by atoms with Crippen LogP contribution in [0.4, 0.5) is 0 Å². The molecule has 1 aromatic heterocycles. The van der Waals surface area contributed by atoms with Crippen LogP contribution in [0.2, 0.25) is 0 Å². The summed E-state index contributed by atoms with van der Waals surface area (Å²) in [4.78, 5) is 24.9. The van der Waals surface area contributed by atoms with E-state index in [1.807, 2.05) is 6.07 Å². The van der Waals surface area contributed by atoms with Crippen LogP contribution in [0.3, 0.4) is 0 Å². The summed E-state index contributed by atoms with van der Waals surface area (Å²) >= 11 is 0. The van der Waals surface area contributed by atoms with E-state index in [1.165, 1.54) is 7.11 Å². The molecule has 0 fully saturated rings. The summed E-state index contributed by atoms with van der Waals surface area (Å²) < 4.78 is 4.56. The summed E-state index contributed by atoms with van der Waals surface area (Å²) in [5, 5.41) is 0.674. The van der Waals surface area contributed by atoms with Crippen molar-refractivity contribution in [3.63, 3.8) is 0 Å². The maximum Gasteiger partial charge on any atom is 0.297 e. The fraction of sp³-hybridized carbons (Fsp3) is 0.0909. The number of aromatic amines is 1. The van der Waals surface area contributed by atoms with Crippen molar-refractivity contribution in [2.45, 2.75) is 0 Å². The number of carbonyl (C=O) groups is 1. The fourth-order valence-electron chi connectivity index (χ4n) is 1.50. The number of H-pyrrole nitrogens is 1. The standard InChI is InChI=1S/C11H8NO3.W/c1-15-11(14)10-8(6-13)7-4-2-3-5-9(7)12-10;/h2-5,12H,1H3;/q-1;. The van der Waals surface area contributed by atoms with Gasteiger partial charge in [0.05, 0.1) is 13.4 Å². The van der Waals surface area contributed by atoms with E-state index in [0.717, 1.165) is 5.52 Å². The predicted octanol–water partition coefficient (Wildman–Crippen LogP) is 1.41. The van der Waals surface area contributed by atoms with Gasteiger partial charge in [-0.3, -0.25) is 4.79 Å². The molecule has 16 heavy (non-hydrogen) atoms. The molecular weight excluding hydrogens is 378 g/mol. The molecular formula is C11H8NO3W-. The molecule has 5 heteroatoms. The average Bonchev–Trinajstić information content (AvgIpc) is 2.66. The Balaban J connectivity index is 0.00000128. The number of aromatic nitrogens is 1. The molecule has 0 aliphatic rings. The van der Waals surface area contributed by atoms with Gasteiger partial charge in [0.15, 0.2) is 0 Å². The molecule has 0 radical (unpaired) electrons. The minimum Gasteiger partial charge on any atom is -0.474 e. The van der Waals surface area contributed by atoms with Gasteiger partial charge in [0.25, 0.3) is 5.97 Å². The molecule has 0 aliphatic carbocycles. The predicted molar refractivity (Wildman–Crippen MR) is 54.4 cm³/mol. The topological polar surface area (TPSA) is 59.2 Å². The van der Waals surface area contributed by atoms with Gasteiger partial charge in [-0.25, -0.2) is 0 Å². The number of para-hydroxylation sites is 1. The van der Waals surface area contributed by atoms with Crippen LogP contribution in [0.25, 0.3) is 10.9 Å². The molecule has 0 unspecified atom stereocenters. The van der Waals surface area contributed by atoms with E-state index >= 15 is 0 Å². The number of hydrogen-bond donors (Lipinski definition) is 1. The van der Waals surface area contributed by atoms with Crippen molar-refractivity contribution in [3.8, 4) is 0 Å². The number of methoxy groups -OCH3 is 1. The van der Waals surface area contributed by atoms with E-state index in [0.29, 0.717) is 5.39 Å². The molecule has 1 aromatic carbocycles. The van der Waals surface area contributed by atoms with Crippen LogP contribution < -0.4 is 0 Å². The van der Waals surface area contributed by atoms with Gasteiger partial charge in [-0.15, -0.1) is 17.0 Å². The Hall–Kier alpha value is -1.41. The van der Waals surface area contributed by atoms with Crippen LogP contribution in [-0.4, -0.2) is 24.3 Å². The Morgan fingerprint density at radius 2 is 2.06 bits per heavy atom. The Morgan fingerprint density at radius 3 is 2.69 bits per heavy atom. The van der Waals surface area contributed by atoms with Crippen LogP contribution in [0, 0.1) is 0 Å². The van der Waals surface area contributed by atoms with Crippen molar-refractivity contribution in [2.75, 3.05) is 7.11 Å². The van der Waals surface area contributed by atoms with Crippen LogP contribution in [-0.2, 0) is 30.6 Å². The van der Waals surface area contributed by atoms with Crippen LogP contribution in [0.5, 0.6) is 0 Å². The Morgan fingerprint density at radius 1 is 1.38 bits per heavy atom. The third-order valence-electron chi connectivity index (χ3n) is 2.20. The summed E-state index contributed by atoms with van der Waals surface area (Å²) in [6.45, 7) is 0. The number of esters is 1. The Labute approximate surface area is 106 Å². The molecule has 0 amide bonds. The van der Waals surface area contributed by atoms with Gasteiger partial charge in [-0.2, -0.15) is 0 Å². The molecule has 0 bridgehead atoms. The van der Waals surface area contributed by atoms with Gasteiger partial charge >= 0.3 is 0 Å². The first kappa shape index (κ1) is 12.7. The SMILES string of the molecule is COC(=O)c1[nH]c2ccccc2c1[C-]=O.[W]. The van der Waals surface area contributed by atoms with Crippen LogP contribution >= 0.6 is 0 Å². The normalized spacial score (nSPS) is 9.56. The monoisotopic (exact) mass is 386 g/mol. The molecule has 1 heterocycles. The van der Waals surface area contributed by atoms with E-state index in [-0.39, 0.29) is 32.3 Å². The summed E-state index contributed by atoms with van der Waals surface area (Å²) in [6.07, 6.45) is 1.75. The van der Waals surface area contributed by atoms with Crippen molar-refractivity contribution in [2.24, 2.45) is 0 Å². The van der Waals surface area contributed by atoms with Gasteiger partial charge < -0.3 is 14.5 Å². The van der Waals surface area contributed by atoms with Crippen LogP contribution in [0.1, 0.15) is 16.1 Å². The van der Waals surface area contributed by atoms with E-state index in [4.69, 9.17) is 0 Å². The number of nitrogens with one attached hydrogen (secondary N) is 1. The smallest absolute Gasteiger partial charge is 0.297 e. The van der Waals surface area contributed by atoms with Gasteiger partial charge in [-0.1, -0.05) is 18.2 Å². The van der Waals surface area contributed by atoms with E-state index in [9.17, 15) is 9.59 Å². The second-order valence-electron chi connectivity index (χ2n) is 3.01. The van der Waals surface area contributed by atoms with Gasteiger partial charge in [-0.05, 0) is 5.52 Å². The third kappa shape index (κ3) is 1.93. The van der Waals surface area contributed by atoms with Crippen molar-refractivity contribution in [3.05, 3.63) is 35.5 Å². The molecule has 1 N–H and O–H groups in total. The molecule has 0 aliphatic heterocycles. The molecule has 82 valence electrons. The second-order valence-corrected chi connectivity index (χ2v) is 3.01. The maximum absolute atomic E-state index is 11.3. The number of fused-ring (bicyclic) bond motifs is 1. The number of carbonyl (C=O) groups excluding carboxylic acids is 2. The van der Waals surface area contributed by atoms with Crippen LogP contribution in [0.15, 0.2) is 24.3 Å². The minimum atomic E-state index is -0.565. The summed E-state index contributed by atoms with van der Waals surface area (Å²) in [5.41, 5.74) is 1.09. The fourth-order valence-corrected chi connectivity index (χ4v) is 1.50. The van der Waals surface area contributed by atoms with E-state index in [2.05, 4.69) is 9.72 Å². The first-order chi connectivity index (χ1) is 7.27. The molecule has 0 saturated heterocycles. The second kappa shape index (κ2) is 5.08. The van der Waals surface area contributed by atoms with Gasteiger partial charge in [0.1, 0.15) is 0 Å². The van der Waals surface area contributed by atoms with Crippen molar-refractivity contribution in [1.82, 2.24) is 4.98 Å². The van der Waals surface area contributed by atoms with Crippen molar-refractivity contribution in [1.29, 1.82) is 0 Å². The molecule has 0 saturated carbocycles. The average molecular weight is 386 g/mol. The number of benzene rings is 1. The summed E-state index contributed by atoms with van der Waals surface area (Å²) in [5.74, 6) is -0.565. The number of ether oxygens (including phenoxy) is 1. The van der Waals surface area contributed by atoms with E-state index in [1.54, 1.807) is 24.5 Å². The summed E-state index contributed by atoms with van der Waals surface area (Å²) in [7, 11) is 1.27. The zero-order valence-electron chi connectivity index (χ0n) is 8.44. The molecule has 4 nitrogen and oxygen atoms in total. The largest absolute Gasteiger partial charge is 0.474 e. The molecule has 0 atom stereocenters. The van der Waals surface area contributed by atoms with E-state index < -0.39 is 5.97 Å². The number of rotatable bonds is 2. The zero-order valence-corrected chi connectivity index (χ0v) is 11.4. The van der Waals surface area contributed by atoms with Crippen molar-refractivity contribution >= 4 is 23.2 Å². The van der Waals surface area contributed by atoms with Crippen molar-refractivity contribution < 1.29 is 35.4 Å². The van der Waals surface area contributed by atoms with Gasteiger partial charge in [0, 0.05) is 26.8 Å². The molecule has 2 rings (SSSR count). The first-order valence-corrected chi connectivity index (χ1v) is 4.35. The molecule has 2 aromatic rings. The quantitative estimate of drug-likeness (QED) is 0.628. The Kier molecular flexibility index (Phi) is 4.02. The third-order valence-corrected chi connectivity index (χ3v) is 2.20. The zero-order chi connectivity index (χ0) is 10.8. The maximum atomic E-state index is 11.3. The first-order valence-electron chi connectivity index (χ1n) is 4.35. The summed E-state index contributed by atoms with van der Waals surface area (Å²) in [6, 6.07) is 7.13.